The Labute approximate surface area is 203 Å². The van der Waals surface area contributed by atoms with Gasteiger partial charge in [0, 0.05) is 47.8 Å². The van der Waals surface area contributed by atoms with Gasteiger partial charge in [0.25, 0.3) is 0 Å². The fraction of sp³-hybridized carbons (Fsp3) is 0.400. The van der Waals surface area contributed by atoms with Crippen molar-refractivity contribution in [2.24, 2.45) is 11.8 Å². The molecule has 1 aliphatic heterocycles. The first kappa shape index (κ1) is 25.4. The average molecular weight is 486 g/mol. The van der Waals surface area contributed by atoms with Crippen LogP contribution in [0.3, 0.4) is 0 Å². The van der Waals surface area contributed by atoms with Crippen LogP contribution < -0.4 is 10.1 Å². The van der Waals surface area contributed by atoms with E-state index in [9.17, 15) is 19.2 Å². The van der Waals surface area contributed by atoms with E-state index >= 15 is 0 Å². The Balaban J connectivity index is 1.74. The van der Waals surface area contributed by atoms with Crippen molar-refractivity contribution < 1.29 is 23.9 Å². The number of halogens is 1. The zero-order valence-electron chi connectivity index (χ0n) is 19.3. The Morgan fingerprint density at radius 3 is 2.65 bits per heavy atom. The third-order valence-electron chi connectivity index (χ3n) is 5.96. The Morgan fingerprint density at radius 1 is 1.24 bits per heavy atom. The monoisotopic (exact) mass is 485 g/mol. The first-order valence-electron chi connectivity index (χ1n) is 11.2. The molecular weight excluding hydrogens is 458 g/mol. The molecule has 1 fully saturated rings. The number of hydrogen-bond acceptors (Lipinski definition) is 6. The number of nitrogens with one attached hydrogen (secondary N) is 1. The number of benzene rings is 1. The van der Waals surface area contributed by atoms with Crippen LogP contribution in [0.15, 0.2) is 42.7 Å². The number of pyridine rings is 1. The summed E-state index contributed by atoms with van der Waals surface area (Å²) in [5.41, 5.74) is 1.31. The molecule has 1 unspecified atom stereocenters. The van der Waals surface area contributed by atoms with Gasteiger partial charge in [0.15, 0.2) is 5.78 Å². The highest BCUT2D eigenvalue weighted by molar-refractivity contribution is 6.30. The molecule has 8 nitrogen and oxygen atoms in total. The van der Waals surface area contributed by atoms with Crippen molar-refractivity contribution in [1.82, 2.24) is 9.88 Å². The summed E-state index contributed by atoms with van der Waals surface area (Å²) in [6, 6.07) is 8.44. The molecule has 9 heteroatoms. The van der Waals surface area contributed by atoms with Gasteiger partial charge in [-0.25, -0.2) is 0 Å². The van der Waals surface area contributed by atoms with Crippen LogP contribution in [0.5, 0.6) is 5.75 Å². The lowest BCUT2D eigenvalue weighted by molar-refractivity contribution is -0.149. The topological polar surface area (TPSA) is 106 Å². The summed E-state index contributed by atoms with van der Waals surface area (Å²) < 4.78 is 5.38. The number of carbonyl (C=O) groups excluding carboxylic acids is 4. The smallest absolute Gasteiger partial charge is 0.233 e. The third kappa shape index (κ3) is 6.41. The van der Waals surface area contributed by atoms with Crippen molar-refractivity contribution in [1.29, 1.82) is 0 Å². The molecule has 2 heterocycles. The minimum Gasteiger partial charge on any atom is -0.496 e. The van der Waals surface area contributed by atoms with E-state index in [1.807, 2.05) is 0 Å². The molecule has 180 valence electrons. The summed E-state index contributed by atoms with van der Waals surface area (Å²) in [4.78, 5) is 56.4. The van der Waals surface area contributed by atoms with E-state index in [4.69, 9.17) is 16.3 Å². The van der Waals surface area contributed by atoms with Crippen LogP contribution in [0.25, 0.3) is 0 Å². The zero-order chi connectivity index (χ0) is 24.7. The number of hydrogen-bond donors (Lipinski definition) is 1. The second kappa shape index (κ2) is 11.7. The zero-order valence-corrected chi connectivity index (χ0v) is 20.0. The number of imide groups is 1. The molecule has 1 saturated heterocycles. The molecule has 0 saturated carbocycles. The number of likely N-dealkylation sites (tertiary alicyclic amines) is 1. The maximum absolute atomic E-state index is 13.3. The number of rotatable bonds is 8. The van der Waals surface area contributed by atoms with Gasteiger partial charge in [-0.2, -0.15) is 0 Å². The Bertz CT molecular complexity index is 1060. The summed E-state index contributed by atoms with van der Waals surface area (Å²) in [5.74, 6) is -2.08. The number of ether oxygens (including phenoxy) is 1. The molecule has 3 rings (SSSR count). The number of aromatic nitrogens is 1. The molecular formula is C25H28ClN3O5. The SMILES string of the molecule is CC[C@@H](CC(=O)N1CC(=O)CCC(Cc2cc(Cl)ccc2OC)C1=O)C(=O)Nc1ccncc1. The summed E-state index contributed by atoms with van der Waals surface area (Å²) in [6.07, 6.45) is 4.16. The van der Waals surface area contributed by atoms with Crippen LogP contribution >= 0.6 is 11.6 Å². The van der Waals surface area contributed by atoms with Crippen molar-refractivity contribution in [3.63, 3.8) is 0 Å². The molecule has 3 amide bonds. The summed E-state index contributed by atoms with van der Waals surface area (Å²) in [6.45, 7) is 1.52. The number of methoxy groups -OCH3 is 1. The normalized spacial score (nSPS) is 17.1. The second-order valence-electron chi connectivity index (χ2n) is 8.29. The van der Waals surface area contributed by atoms with Crippen molar-refractivity contribution in [3.05, 3.63) is 53.3 Å². The lowest BCUT2D eigenvalue weighted by Gasteiger charge is -2.24. The number of amides is 3. The molecule has 1 aromatic carbocycles. The lowest BCUT2D eigenvalue weighted by atomic mass is 9.93. The highest BCUT2D eigenvalue weighted by atomic mass is 35.5. The fourth-order valence-electron chi connectivity index (χ4n) is 4.01. The number of anilines is 1. The Kier molecular flexibility index (Phi) is 8.76. The molecule has 0 aliphatic carbocycles. The molecule has 0 bridgehead atoms. The van der Waals surface area contributed by atoms with Crippen LogP contribution in [-0.4, -0.2) is 47.0 Å². The molecule has 2 aromatic rings. The molecule has 1 N–H and O–H groups in total. The maximum atomic E-state index is 13.3. The van der Waals surface area contributed by atoms with E-state index in [0.717, 1.165) is 10.5 Å². The maximum Gasteiger partial charge on any atom is 0.233 e. The highest BCUT2D eigenvalue weighted by Gasteiger charge is 2.35. The summed E-state index contributed by atoms with van der Waals surface area (Å²) in [7, 11) is 1.53. The van der Waals surface area contributed by atoms with Crippen LogP contribution in [0, 0.1) is 11.8 Å². The number of Topliss-reactive ketones (excluding diaryl/α,β-unsaturated/α-hetero) is 1. The number of ketones is 1. The minimum atomic E-state index is -0.640. The number of carbonyl (C=O) groups is 4. The van der Waals surface area contributed by atoms with Crippen molar-refractivity contribution in [2.45, 2.75) is 39.0 Å². The second-order valence-corrected chi connectivity index (χ2v) is 8.72. The molecule has 0 radical (unpaired) electrons. The molecule has 1 aliphatic rings. The third-order valence-corrected chi connectivity index (χ3v) is 6.20. The van der Waals surface area contributed by atoms with E-state index in [0.29, 0.717) is 35.7 Å². The van der Waals surface area contributed by atoms with E-state index in [1.54, 1.807) is 49.6 Å². The van der Waals surface area contributed by atoms with Crippen molar-refractivity contribution in [3.8, 4) is 5.75 Å². The van der Waals surface area contributed by atoms with Gasteiger partial charge in [-0.05, 0) is 55.2 Å². The fourth-order valence-corrected chi connectivity index (χ4v) is 4.20. The van der Waals surface area contributed by atoms with Crippen LogP contribution in [0.4, 0.5) is 5.69 Å². The standard InChI is InChI=1S/C25H28ClN3O5/c1-3-16(24(32)28-20-8-10-27-11-9-20)14-23(31)29-15-21(30)6-4-17(25(29)33)12-18-13-19(26)5-7-22(18)34-2/h5,7-11,13,16-17H,3-4,6,12,14-15H2,1-2H3,(H,27,28,32)/t16-,17?/m0/s1. The molecule has 1 aromatic heterocycles. The lowest BCUT2D eigenvalue weighted by Crippen LogP contribution is -2.43. The van der Waals surface area contributed by atoms with Gasteiger partial charge >= 0.3 is 0 Å². The largest absolute Gasteiger partial charge is 0.496 e. The average Bonchev–Trinajstić information content (AvgIpc) is 2.96. The van der Waals surface area contributed by atoms with Crippen LogP contribution in [0.2, 0.25) is 5.02 Å². The Morgan fingerprint density at radius 2 is 1.97 bits per heavy atom. The molecule has 2 atom stereocenters. The molecule has 0 spiro atoms. The van der Waals surface area contributed by atoms with E-state index in [2.05, 4.69) is 10.3 Å². The van der Waals surface area contributed by atoms with Gasteiger partial charge in [-0.3, -0.25) is 29.1 Å². The van der Waals surface area contributed by atoms with Crippen molar-refractivity contribution >= 4 is 40.8 Å². The van der Waals surface area contributed by atoms with Crippen LogP contribution in [-0.2, 0) is 25.6 Å². The highest BCUT2D eigenvalue weighted by Crippen LogP contribution is 2.29. The summed E-state index contributed by atoms with van der Waals surface area (Å²) >= 11 is 6.12. The van der Waals surface area contributed by atoms with Gasteiger partial charge in [0.05, 0.1) is 13.7 Å². The van der Waals surface area contributed by atoms with Gasteiger partial charge < -0.3 is 10.1 Å². The van der Waals surface area contributed by atoms with Gasteiger partial charge in [-0.1, -0.05) is 18.5 Å². The molecule has 34 heavy (non-hydrogen) atoms. The van der Waals surface area contributed by atoms with E-state index < -0.39 is 23.7 Å². The van der Waals surface area contributed by atoms with Crippen LogP contribution in [0.1, 0.15) is 38.2 Å². The summed E-state index contributed by atoms with van der Waals surface area (Å²) in [5, 5.41) is 3.27. The first-order chi connectivity index (χ1) is 16.3. The minimum absolute atomic E-state index is 0.167. The van der Waals surface area contributed by atoms with E-state index in [1.165, 1.54) is 7.11 Å². The quantitative estimate of drug-likeness (QED) is 0.611. The van der Waals surface area contributed by atoms with E-state index in [-0.39, 0.29) is 31.1 Å². The Hall–Kier alpha value is -3.26. The van der Waals surface area contributed by atoms with Gasteiger partial charge in [0.2, 0.25) is 17.7 Å². The predicted molar refractivity (Wildman–Crippen MR) is 127 cm³/mol. The van der Waals surface area contributed by atoms with Gasteiger partial charge in [-0.15, -0.1) is 0 Å². The van der Waals surface area contributed by atoms with Gasteiger partial charge in [0.1, 0.15) is 5.75 Å². The van der Waals surface area contributed by atoms with Crippen molar-refractivity contribution in [2.75, 3.05) is 19.0 Å². The first-order valence-corrected chi connectivity index (χ1v) is 11.6. The predicted octanol–water partition coefficient (Wildman–Crippen LogP) is 3.68. The number of nitrogens with zero attached hydrogens (tertiary/aromatic N) is 2.